The van der Waals surface area contributed by atoms with Gasteiger partial charge in [0.2, 0.25) is 5.91 Å². The number of carbonyl (C=O) groups excluding carboxylic acids is 1. The summed E-state index contributed by atoms with van der Waals surface area (Å²) in [6.07, 6.45) is 6.05. The molecule has 24 heavy (non-hydrogen) atoms. The highest BCUT2D eigenvalue weighted by Crippen LogP contribution is 2.29. The molecular weight excluding hydrogens is 324 g/mol. The third kappa shape index (κ3) is 4.30. The van der Waals surface area contributed by atoms with E-state index in [4.69, 9.17) is 0 Å². The van der Waals surface area contributed by atoms with E-state index >= 15 is 0 Å². The largest absolute Gasteiger partial charge is 0.387 e. The maximum Gasteiger partial charge on any atom is 0.233 e. The average Bonchev–Trinajstić information content (AvgIpc) is 2.67. The molecule has 0 unspecified atom stereocenters. The summed E-state index contributed by atoms with van der Waals surface area (Å²) in [6.45, 7) is 1.34. The number of thioether (sulfide) groups is 1. The Morgan fingerprint density at radius 2 is 1.88 bits per heavy atom. The molecule has 1 aliphatic rings. The van der Waals surface area contributed by atoms with E-state index in [-0.39, 0.29) is 11.8 Å². The van der Waals surface area contributed by atoms with Crippen molar-refractivity contribution in [2.24, 2.45) is 5.92 Å². The minimum Gasteiger partial charge on any atom is -0.387 e. The van der Waals surface area contributed by atoms with E-state index in [1.54, 1.807) is 24.7 Å². The van der Waals surface area contributed by atoms with Crippen molar-refractivity contribution < 1.29 is 9.90 Å². The number of nitrogens with zero attached hydrogens (tertiary/aromatic N) is 4. The van der Waals surface area contributed by atoms with Crippen LogP contribution in [0, 0.1) is 5.92 Å². The number of aliphatic hydroxyl groups excluding tert-OH is 1. The SMILES string of the molecule is O=C(CSc1ncccn1)N1CCC([C@H](O)c2ccccn2)CC1. The van der Waals surface area contributed by atoms with Crippen LogP contribution in [0.15, 0.2) is 48.0 Å². The maximum atomic E-state index is 12.3. The zero-order chi connectivity index (χ0) is 16.8. The quantitative estimate of drug-likeness (QED) is 0.660. The molecule has 1 amide bonds. The zero-order valence-corrected chi connectivity index (χ0v) is 14.1. The number of piperidine rings is 1. The van der Waals surface area contributed by atoms with Crippen molar-refractivity contribution in [3.05, 3.63) is 48.5 Å². The summed E-state index contributed by atoms with van der Waals surface area (Å²) in [7, 11) is 0. The van der Waals surface area contributed by atoms with Gasteiger partial charge in [0.05, 0.1) is 17.6 Å². The van der Waals surface area contributed by atoms with E-state index in [0.29, 0.717) is 29.7 Å². The average molecular weight is 344 g/mol. The Bertz CT molecular complexity index is 648. The summed E-state index contributed by atoms with van der Waals surface area (Å²) in [6, 6.07) is 7.32. The molecule has 0 spiro atoms. The topological polar surface area (TPSA) is 79.2 Å². The summed E-state index contributed by atoms with van der Waals surface area (Å²) >= 11 is 1.35. The first-order valence-corrected chi connectivity index (χ1v) is 8.99. The monoisotopic (exact) mass is 344 g/mol. The van der Waals surface area contributed by atoms with Gasteiger partial charge in [-0.2, -0.15) is 0 Å². The number of amides is 1. The molecule has 126 valence electrons. The number of rotatable bonds is 5. The number of pyridine rings is 1. The number of hydrogen-bond donors (Lipinski definition) is 1. The Kier molecular flexibility index (Phi) is 5.77. The van der Waals surface area contributed by atoms with Gasteiger partial charge in [-0.25, -0.2) is 9.97 Å². The maximum absolute atomic E-state index is 12.3. The lowest BCUT2D eigenvalue weighted by Crippen LogP contribution is -2.40. The fraction of sp³-hybridized carbons (Fsp3) is 0.412. The van der Waals surface area contributed by atoms with Gasteiger partial charge in [0, 0.05) is 31.7 Å². The second kappa shape index (κ2) is 8.21. The first-order chi connectivity index (χ1) is 11.7. The third-order valence-corrected chi connectivity index (χ3v) is 5.06. The molecular formula is C17H20N4O2S. The van der Waals surface area contributed by atoms with Crippen LogP contribution in [0.5, 0.6) is 0 Å². The molecule has 3 rings (SSSR count). The third-order valence-electron chi connectivity index (χ3n) is 4.20. The predicted molar refractivity (Wildman–Crippen MR) is 91.3 cm³/mol. The second-order valence-electron chi connectivity index (χ2n) is 5.74. The smallest absolute Gasteiger partial charge is 0.233 e. The van der Waals surface area contributed by atoms with E-state index in [0.717, 1.165) is 12.8 Å². The molecule has 3 heterocycles. The molecule has 6 nitrogen and oxygen atoms in total. The molecule has 0 saturated carbocycles. The number of hydrogen-bond acceptors (Lipinski definition) is 6. The highest BCUT2D eigenvalue weighted by Gasteiger charge is 2.28. The van der Waals surface area contributed by atoms with Crippen molar-refractivity contribution in [1.82, 2.24) is 19.9 Å². The molecule has 2 aromatic rings. The normalized spacial score (nSPS) is 16.8. The van der Waals surface area contributed by atoms with Crippen LogP contribution < -0.4 is 0 Å². The molecule has 1 fully saturated rings. The van der Waals surface area contributed by atoms with Crippen molar-refractivity contribution in [3.8, 4) is 0 Å². The summed E-state index contributed by atoms with van der Waals surface area (Å²) in [5.41, 5.74) is 0.707. The molecule has 0 aliphatic carbocycles. The molecule has 0 aromatic carbocycles. The number of aliphatic hydroxyl groups is 1. The first-order valence-electron chi connectivity index (χ1n) is 8.00. The van der Waals surface area contributed by atoms with Gasteiger partial charge in [-0.05, 0) is 37.0 Å². The first kappa shape index (κ1) is 16.9. The van der Waals surface area contributed by atoms with Gasteiger partial charge in [0.15, 0.2) is 5.16 Å². The number of likely N-dealkylation sites (tertiary alicyclic amines) is 1. The van der Waals surface area contributed by atoms with E-state index in [9.17, 15) is 9.90 Å². The Morgan fingerprint density at radius 3 is 2.54 bits per heavy atom. The lowest BCUT2D eigenvalue weighted by atomic mass is 9.89. The van der Waals surface area contributed by atoms with Crippen LogP contribution in [0.2, 0.25) is 0 Å². The predicted octanol–water partition coefficient (Wildman–Crippen LogP) is 1.94. The number of carbonyl (C=O) groups is 1. The fourth-order valence-electron chi connectivity index (χ4n) is 2.83. The lowest BCUT2D eigenvalue weighted by Gasteiger charge is -2.34. The van der Waals surface area contributed by atoms with Gasteiger partial charge in [-0.3, -0.25) is 9.78 Å². The van der Waals surface area contributed by atoms with E-state index in [1.165, 1.54) is 11.8 Å². The summed E-state index contributed by atoms with van der Waals surface area (Å²) in [5, 5.41) is 11.1. The van der Waals surface area contributed by atoms with Crippen LogP contribution in [-0.2, 0) is 4.79 Å². The van der Waals surface area contributed by atoms with Crippen molar-refractivity contribution in [2.75, 3.05) is 18.8 Å². The summed E-state index contributed by atoms with van der Waals surface area (Å²) < 4.78 is 0. The molecule has 0 radical (unpaired) electrons. The van der Waals surface area contributed by atoms with E-state index in [1.807, 2.05) is 23.1 Å². The summed E-state index contributed by atoms with van der Waals surface area (Å²) in [5.74, 6) is 0.588. The molecule has 1 aliphatic heterocycles. The zero-order valence-electron chi connectivity index (χ0n) is 13.3. The molecule has 2 aromatic heterocycles. The van der Waals surface area contributed by atoms with Gasteiger partial charge >= 0.3 is 0 Å². The molecule has 7 heteroatoms. The van der Waals surface area contributed by atoms with Crippen LogP contribution >= 0.6 is 11.8 Å². The van der Waals surface area contributed by atoms with Gasteiger partial charge in [-0.1, -0.05) is 17.8 Å². The Morgan fingerprint density at radius 1 is 1.17 bits per heavy atom. The highest BCUT2D eigenvalue weighted by atomic mass is 32.2. The second-order valence-corrected chi connectivity index (χ2v) is 6.68. The molecule has 1 N–H and O–H groups in total. The van der Waals surface area contributed by atoms with Gasteiger partial charge in [0.1, 0.15) is 0 Å². The van der Waals surface area contributed by atoms with Crippen LogP contribution in [-0.4, -0.2) is 49.7 Å². The molecule has 1 atom stereocenters. The Balaban J connectivity index is 1.47. The van der Waals surface area contributed by atoms with Gasteiger partial charge in [-0.15, -0.1) is 0 Å². The van der Waals surface area contributed by atoms with Gasteiger partial charge < -0.3 is 10.0 Å². The standard InChI is InChI=1S/C17H20N4O2S/c22-15(12-24-17-19-8-3-9-20-17)21-10-5-13(6-11-21)16(23)14-4-1-2-7-18-14/h1-4,7-9,13,16,23H,5-6,10-12H2/t16-/m0/s1. The minimum atomic E-state index is -0.560. The van der Waals surface area contributed by atoms with Crippen molar-refractivity contribution in [3.63, 3.8) is 0 Å². The van der Waals surface area contributed by atoms with E-state index in [2.05, 4.69) is 15.0 Å². The van der Waals surface area contributed by atoms with Crippen LogP contribution in [0.3, 0.4) is 0 Å². The van der Waals surface area contributed by atoms with Crippen molar-refractivity contribution >= 4 is 17.7 Å². The minimum absolute atomic E-state index is 0.0956. The molecule has 1 saturated heterocycles. The van der Waals surface area contributed by atoms with Crippen LogP contribution in [0.1, 0.15) is 24.6 Å². The summed E-state index contributed by atoms with van der Waals surface area (Å²) in [4.78, 5) is 26.6. The fourth-order valence-corrected chi connectivity index (χ4v) is 3.54. The van der Waals surface area contributed by atoms with E-state index < -0.39 is 6.10 Å². The molecule has 0 bridgehead atoms. The van der Waals surface area contributed by atoms with Crippen molar-refractivity contribution in [1.29, 1.82) is 0 Å². The van der Waals surface area contributed by atoms with Crippen LogP contribution in [0.4, 0.5) is 0 Å². The van der Waals surface area contributed by atoms with Crippen LogP contribution in [0.25, 0.3) is 0 Å². The Labute approximate surface area is 145 Å². The lowest BCUT2D eigenvalue weighted by molar-refractivity contribution is -0.130. The Hall–Kier alpha value is -1.99. The highest BCUT2D eigenvalue weighted by molar-refractivity contribution is 7.99. The van der Waals surface area contributed by atoms with Gasteiger partial charge in [0.25, 0.3) is 0 Å². The number of aromatic nitrogens is 3. The van der Waals surface area contributed by atoms with Crippen molar-refractivity contribution in [2.45, 2.75) is 24.1 Å².